The van der Waals surface area contributed by atoms with Gasteiger partial charge >= 0.3 is 11.3 Å². The van der Waals surface area contributed by atoms with Crippen LogP contribution in [0.5, 0.6) is 11.5 Å². The highest BCUT2D eigenvalue weighted by molar-refractivity contribution is 6.16. The molecular weight excluding hydrogens is 352 g/mol. The van der Waals surface area contributed by atoms with Crippen molar-refractivity contribution in [3.05, 3.63) is 77.7 Å². The average molecular weight is 360 g/mol. The third-order valence-electron chi connectivity index (χ3n) is 4.89. The number of hydrogen-bond acceptors (Lipinski definition) is 7. The Morgan fingerprint density at radius 1 is 0.593 bits per heavy atom. The van der Waals surface area contributed by atoms with Crippen molar-refractivity contribution in [2.24, 2.45) is 0 Å². The van der Waals surface area contributed by atoms with Crippen LogP contribution in [0.2, 0.25) is 0 Å². The highest BCUT2D eigenvalue weighted by Gasteiger charge is 2.22. The van der Waals surface area contributed by atoms with Crippen molar-refractivity contribution in [3.8, 4) is 11.5 Å². The molecule has 0 spiro atoms. The van der Waals surface area contributed by atoms with E-state index in [1.54, 1.807) is 12.1 Å². The summed E-state index contributed by atoms with van der Waals surface area (Å²) >= 11 is 0. The minimum Gasteiger partial charge on any atom is -0.506 e. The van der Waals surface area contributed by atoms with Crippen molar-refractivity contribution in [2.75, 3.05) is 0 Å². The first-order chi connectivity index (χ1) is 12.9. The molecule has 0 saturated carbocycles. The van der Waals surface area contributed by atoms with Gasteiger partial charge in [-0.25, -0.2) is 9.59 Å². The Kier molecular flexibility index (Phi) is 2.71. The summed E-state index contributed by atoms with van der Waals surface area (Å²) in [6.45, 7) is 0. The molecule has 0 unspecified atom stereocenters. The van der Waals surface area contributed by atoms with E-state index >= 15 is 0 Å². The third kappa shape index (κ3) is 1.75. The smallest absolute Gasteiger partial charge is 0.346 e. The summed E-state index contributed by atoms with van der Waals surface area (Å²) in [5, 5.41) is 20.7. The van der Waals surface area contributed by atoms with Crippen LogP contribution in [0, 0.1) is 0 Å². The molecule has 0 bridgehead atoms. The highest BCUT2D eigenvalue weighted by Crippen LogP contribution is 2.40. The second kappa shape index (κ2) is 4.79. The zero-order chi connectivity index (χ0) is 19.0. The van der Waals surface area contributed by atoms with E-state index in [9.17, 15) is 29.4 Å². The maximum absolute atomic E-state index is 12.9. The Morgan fingerprint density at radius 2 is 1.00 bits per heavy atom. The second-order valence-electron chi connectivity index (χ2n) is 6.27. The first-order valence-corrected chi connectivity index (χ1v) is 7.90. The zero-order valence-electron chi connectivity index (χ0n) is 13.4. The third-order valence-corrected chi connectivity index (χ3v) is 4.89. The summed E-state index contributed by atoms with van der Waals surface area (Å²) in [7, 11) is 0. The second-order valence-corrected chi connectivity index (χ2v) is 6.27. The van der Waals surface area contributed by atoms with Crippen molar-refractivity contribution in [1.29, 1.82) is 0 Å². The Bertz CT molecular complexity index is 1540. The Hall–Kier alpha value is -4.00. The number of fused-ring (bicyclic) bond motifs is 4. The summed E-state index contributed by atoms with van der Waals surface area (Å²) in [6.07, 6.45) is 0. The molecule has 130 valence electrons. The first kappa shape index (κ1) is 15.3. The molecule has 7 nitrogen and oxygen atoms in total. The van der Waals surface area contributed by atoms with Gasteiger partial charge in [0.2, 0.25) is 0 Å². The monoisotopic (exact) mass is 360 g/mol. The molecule has 2 N–H and O–H groups in total. The molecule has 0 atom stereocenters. The standard InChI is InChI=1S/C20H8O7/c21-15-7-3-1-2-4-8(7)16(22)14-13(15)17(23)9-5-11-12(6-10(9)18(14)24)20(26)27-19(11)25/h1-6,23-24H. The van der Waals surface area contributed by atoms with E-state index < -0.39 is 33.6 Å². The molecule has 0 aliphatic carbocycles. The van der Waals surface area contributed by atoms with Gasteiger partial charge in [0.25, 0.3) is 0 Å². The topological polar surface area (TPSA) is 122 Å². The Morgan fingerprint density at radius 3 is 1.41 bits per heavy atom. The molecular formula is C20H8O7. The van der Waals surface area contributed by atoms with Crippen molar-refractivity contribution < 1.29 is 14.6 Å². The van der Waals surface area contributed by atoms with Gasteiger partial charge in [-0.1, -0.05) is 24.3 Å². The summed E-state index contributed by atoms with van der Waals surface area (Å²) in [5.74, 6) is -1.08. The summed E-state index contributed by atoms with van der Waals surface area (Å²) in [6, 6.07) is 8.43. The van der Waals surface area contributed by atoms with Crippen molar-refractivity contribution in [3.63, 3.8) is 0 Å². The van der Waals surface area contributed by atoms with E-state index in [1.807, 2.05) is 0 Å². The minimum absolute atomic E-state index is 0.0304. The number of furan rings is 1. The van der Waals surface area contributed by atoms with E-state index in [1.165, 1.54) is 24.3 Å². The fourth-order valence-corrected chi connectivity index (χ4v) is 3.62. The molecule has 0 amide bonds. The first-order valence-electron chi connectivity index (χ1n) is 7.90. The molecule has 4 aromatic carbocycles. The van der Waals surface area contributed by atoms with Crippen molar-refractivity contribution in [2.45, 2.75) is 0 Å². The predicted octanol–water partition coefficient (Wildman–Crippen LogP) is 1.62. The van der Waals surface area contributed by atoms with Crippen LogP contribution in [0.15, 0.2) is 60.0 Å². The molecule has 0 aliphatic heterocycles. The lowest BCUT2D eigenvalue weighted by Crippen LogP contribution is -2.13. The lowest BCUT2D eigenvalue weighted by atomic mass is 9.95. The van der Waals surface area contributed by atoms with Crippen LogP contribution in [-0.2, 0) is 0 Å². The van der Waals surface area contributed by atoms with E-state index in [4.69, 9.17) is 0 Å². The quantitative estimate of drug-likeness (QED) is 0.318. The average Bonchev–Trinajstić information content (AvgIpc) is 2.95. The Balaban J connectivity index is 2.20. The lowest BCUT2D eigenvalue weighted by Gasteiger charge is -2.09. The van der Waals surface area contributed by atoms with Gasteiger partial charge in [-0.2, -0.15) is 0 Å². The lowest BCUT2D eigenvalue weighted by molar-refractivity contribution is 0.478. The molecule has 1 aromatic heterocycles. The van der Waals surface area contributed by atoms with Gasteiger partial charge in [-0.05, 0) is 12.1 Å². The number of rotatable bonds is 0. The van der Waals surface area contributed by atoms with Gasteiger partial charge < -0.3 is 14.6 Å². The summed E-state index contributed by atoms with van der Waals surface area (Å²) in [5.41, 5.74) is -3.01. The molecule has 5 rings (SSSR count). The van der Waals surface area contributed by atoms with Crippen molar-refractivity contribution >= 4 is 43.1 Å². The highest BCUT2D eigenvalue weighted by atomic mass is 16.4. The van der Waals surface area contributed by atoms with Crippen LogP contribution in [0.4, 0.5) is 0 Å². The van der Waals surface area contributed by atoms with E-state index in [0.717, 1.165) is 0 Å². The van der Waals surface area contributed by atoms with Gasteiger partial charge in [0.05, 0.1) is 21.5 Å². The van der Waals surface area contributed by atoms with Gasteiger partial charge in [-0.15, -0.1) is 0 Å². The molecule has 27 heavy (non-hydrogen) atoms. The molecule has 0 saturated heterocycles. The van der Waals surface area contributed by atoms with E-state index in [-0.39, 0.29) is 43.1 Å². The van der Waals surface area contributed by atoms with Gasteiger partial charge in [0.1, 0.15) is 11.5 Å². The van der Waals surface area contributed by atoms with Gasteiger partial charge in [0.15, 0.2) is 10.9 Å². The predicted molar refractivity (Wildman–Crippen MR) is 99.5 cm³/mol. The van der Waals surface area contributed by atoms with E-state index in [2.05, 4.69) is 4.42 Å². The van der Waals surface area contributed by atoms with Crippen LogP contribution >= 0.6 is 0 Å². The fraction of sp³-hybridized carbons (Fsp3) is 0. The van der Waals surface area contributed by atoms with Crippen molar-refractivity contribution in [1.82, 2.24) is 0 Å². The minimum atomic E-state index is -0.888. The van der Waals surface area contributed by atoms with Crippen LogP contribution in [0.1, 0.15) is 0 Å². The number of phenolic OH excluding ortho intramolecular Hbond substituents is 2. The van der Waals surface area contributed by atoms with Crippen LogP contribution < -0.4 is 22.1 Å². The number of benzene rings is 4. The summed E-state index contributed by atoms with van der Waals surface area (Å²) < 4.78 is 4.53. The maximum Gasteiger partial charge on any atom is 0.346 e. The van der Waals surface area contributed by atoms with Gasteiger partial charge in [0, 0.05) is 21.5 Å². The van der Waals surface area contributed by atoms with Crippen LogP contribution in [0.3, 0.4) is 0 Å². The molecule has 7 heteroatoms. The maximum atomic E-state index is 12.9. The molecule has 5 aromatic rings. The SMILES string of the molecule is O=c1oc(=O)c2cc3c(O)c4c(=O)c5ccccc5c(=O)c4c(O)c3cc12. The zero-order valence-corrected chi connectivity index (χ0v) is 13.4. The number of hydrogen-bond donors (Lipinski definition) is 2. The van der Waals surface area contributed by atoms with Crippen LogP contribution in [-0.4, -0.2) is 10.2 Å². The molecule has 0 aliphatic rings. The molecule has 0 fully saturated rings. The van der Waals surface area contributed by atoms with E-state index in [0.29, 0.717) is 0 Å². The number of phenols is 2. The van der Waals surface area contributed by atoms with Crippen LogP contribution in [0.25, 0.3) is 43.1 Å². The summed E-state index contributed by atoms with van der Waals surface area (Å²) in [4.78, 5) is 49.3. The molecule has 0 radical (unpaired) electrons. The Labute approximate surface area is 147 Å². The number of aromatic hydroxyl groups is 2. The normalized spacial score (nSPS) is 11.9. The largest absolute Gasteiger partial charge is 0.506 e. The fourth-order valence-electron chi connectivity index (χ4n) is 3.62. The van der Waals surface area contributed by atoms with Gasteiger partial charge in [-0.3, -0.25) is 9.59 Å². The molecule has 1 heterocycles.